The number of nitrogens with one attached hydrogen (secondary N) is 1. The fraction of sp³-hybridized carbons (Fsp3) is 0.429. The minimum absolute atomic E-state index is 0.0623. The molecule has 0 bridgehead atoms. The van der Waals surface area contributed by atoms with Crippen LogP contribution in [0.1, 0.15) is 19.3 Å². The maximum absolute atomic E-state index is 11.4. The first-order valence-corrected chi connectivity index (χ1v) is 6.46. The van der Waals surface area contributed by atoms with Crippen molar-refractivity contribution in [1.82, 2.24) is 5.32 Å². The molecule has 0 aliphatic carbocycles. The Hall–Kier alpha value is -2.24. The first kappa shape index (κ1) is 15.8. The lowest BCUT2D eigenvalue weighted by molar-refractivity contribution is -0.144. The van der Waals surface area contributed by atoms with Crippen molar-refractivity contribution in [1.29, 1.82) is 0 Å². The smallest absolute Gasteiger partial charge is 0.309 e. The summed E-state index contributed by atoms with van der Waals surface area (Å²) < 4.78 is 10.3. The van der Waals surface area contributed by atoms with Gasteiger partial charge in [-0.25, -0.2) is 0 Å². The van der Waals surface area contributed by atoms with Gasteiger partial charge in [0, 0.05) is 19.2 Å². The second-order valence-electron chi connectivity index (χ2n) is 4.16. The van der Waals surface area contributed by atoms with Crippen LogP contribution in [-0.2, 0) is 14.3 Å². The van der Waals surface area contributed by atoms with Crippen molar-refractivity contribution in [3.05, 3.63) is 24.3 Å². The third-order valence-electron chi connectivity index (χ3n) is 2.55. The zero-order chi connectivity index (χ0) is 14.8. The molecule has 6 heteroatoms. The normalized spacial score (nSPS) is 9.85. The van der Waals surface area contributed by atoms with E-state index in [2.05, 4.69) is 5.32 Å². The van der Waals surface area contributed by atoms with Crippen LogP contribution in [-0.4, -0.2) is 32.1 Å². The lowest BCUT2D eigenvalue weighted by Crippen LogP contribution is -2.18. The molecule has 0 aliphatic heterocycles. The molecule has 0 aromatic heterocycles. The predicted octanol–water partition coefficient (Wildman–Crippen LogP) is 1.11. The zero-order valence-electron chi connectivity index (χ0n) is 11.6. The molecule has 1 amide bonds. The van der Waals surface area contributed by atoms with Crippen LogP contribution < -0.4 is 15.8 Å². The van der Waals surface area contributed by atoms with Crippen LogP contribution in [0.4, 0.5) is 5.69 Å². The molecular formula is C14H20N2O4. The number of rotatable bonds is 8. The third kappa shape index (κ3) is 6.63. The second kappa shape index (κ2) is 8.79. The Bertz CT molecular complexity index is 431. The van der Waals surface area contributed by atoms with Gasteiger partial charge < -0.3 is 20.5 Å². The molecule has 0 atom stereocenters. The van der Waals surface area contributed by atoms with Crippen LogP contribution in [0, 0.1) is 0 Å². The lowest BCUT2D eigenvalue weighted by atomic mass is 10.3. The van der Waals surface area contributed by atoms with Gasteiger partial charge in [-0.1, -0.05) is 0 Å². The van der Waals surface area contributed by atoms with Crippen LogP contribution in [0.15, 0.2) is 24.3 Å². The summed E-state index contributed by atoms with van der Waals surface area (Å²) in [5.41, 5.74) is 6.20. The summed E-state index contributed by atoms with van der Waals surface area (Å²) in [4.78, 5) is 22.3. The number of amides is 1. The van der Waals surface area contributed by atoms with Crippen LogP contribution in [0.2, 0.25) is 0 Å². The Kier molecular flexibility index (Phi) is 6.95. The largest absolute Gasteiger partial charge is 0.493 e. The van der Waals surface area contributed by atoms with Crippen LogP contribution in [0.5, 0.6) is 5.75 Å². The van der Waals surface area contributed by atoms with Crippen molar-refractivity contribution in [2.75, 3.05) is 26.0 Å². The van der Waals surface area contributed by atoms with Gasteiger partial charge >= 0.3 is 5.97 Å². The van der Waals surface area contributed by atoms with Crippen molar-refractivity contribution in [2.24, 2.45) is 0 Å². The molecule has 0 fully saturated rings. The number of ether oxygens (including phenoxy) is 2. The first-order chi connectivity index (χ1) is 9.61. The molecule has 1 aromatic carbocycles. The third-order valence-corrected chi connectivity index (χ3v) is 2.55. The number of nitrogens with two attached hydrogens (primary N) is 1. The van der Waals surface area contributed by atoms with Crippen LogP contribution in [0.25, 0.3) is 0 Å². The molecule has 0 heterocycles. The quantitative estimate of drug-likeness (QED) is 0.423. The Morgan fingerprint density at radius 1 is 1.15 bits per heavy atom. The Morgan fingerprint density at radius 3 is 2.50 bits per heavy atom. The molecule has 1 aromatic rings. The van der Waals surface area contributed by atoms with E-state index in [9.17, 15) is 9.59 Å². The van der Waals surface area contributed by atoms with E-state index in [0.29, 0.717) is 24.3 Å². The van der Waals surface area contributed by atoms with Gasteiger partial charge in [-0.15, -0.1) is 0 Å². The number of hydrogen-bond acceptors (Lipinski definition) is 5. The van der Waals surface area contributed by atoms with Crippen molar-refractivity contribution in [2.45, 2.75) is 19.3 Å². The average Bonchev–Trinajstić information content (AvgIpc) is 2.45. The van der Waals surface area contributed by atoms with Gasteiger partial charge in [-0.3, -0.25) is 9.59 Å². The summed E-state index contributed by atoms with van der Waals surface area (Å²) in [7, 11) is 1.57. The second-order valence-corrected chi connectivity index (χ2v) is 4.16. The maximum atomic E-state index is 11.4. The number of benzene rings is 1. The van der Waals surface area contributed by atoms with Crippen LogP contribution in [0.3, 0.4) is 0 Å². The number of nitrogen functional groups attached to an aromatic ring is 1. The van der Waals surface area contributed by atoms with E-state index in [1.165, 1.54) is 0 Å². The topological polar surface area (TPSA) is 90.6 Å². The monoisotopic (exact) mass is 280 g/mol. The molecule has 0 saturated heterocycles. The van der Waals surface area contributed by atoms with Gasteiger partial charge in [0.25, 0.3) is 0 Å². The van der Waals surface area contributed by atoms with E-state index < -0.39 is 0 Å². The zero-order valence-corrected chi connectivity index (χ0v) is 11.6. The molecular weight excluding hydrogens is 260 g/mol. The van der Waals surface area contributed by atoms with Crippen molar-refractivity contribution >= 4 is 17.6 Å². The van der Waals surface area contributed by atoms with E-state index in [0.717, 1.165) is 0 Å². The van der Waals surface area contributed by atoms with Gasteiger partial charge in [0.05, 0.1) is 19.6 Å². The highest BCUT2D eigenvalue weighted by atomic mass is 16.5. The van der Waals surface area contributed by atoms with E-state index in [1.807, 2.05) is 0 Å². The van der Waals surface area contributed by atoms with Gasteiger partial charge in [0.2, 0.25) is 5.91 Å². The Balaban J connectivity index is 2.08. The standard InChI is InChI=1S/C14H20N2O4/c1-16-13(17)3-2-9-20-14(18)8-10-19-12-6-4-11(15)5-7-12/h4-7H,2-3,8-10,15H2,1H3,(H,16,17). The summed E-state index contributed by atoms with van der Waals surface area (Å²) in [6.07, 6.45) is 1.04. The highest BCUT2D eigenvalue weighted by Gasteiger charge is 2.04. The molecule has 110 valence electrons. The summed E-state index contributed by atoms with van der Waals surface area (Å²) in [6, 6.07) is 6.94. The summed E-state index contributed by atoms with van der Waals surface area (Å²) >= 11 is 0. The van der Waals surface area contributed by atoms with Gasteiger partial charge in [-0.05, 0) is 30.7 Å². The summed E-state index contributed by atoms with van der Waals surface area (Å²) in [5.74, 6) is 0.261. The maximum Gasteiger partial charge on any atom is 0.309 e. The fourth-order valence-corrected chi connectivity index (χ4v) is 1.43. The highest BCUT2D eigenvalue weighted by Crippen LogP contribution is 2.13. The molecule has 1 rings (SSSR count). The van der Waals surface area contributed by atoms with E-state index in [4.69, 9.17) is 15.2 Å². The predicted molar refractivity (Wildman–Crippen MR) is 75.2 cm³/mol. The van der Waals surface area contributed by atoms with E-state index in [-0.39, 0.29) is 31.5 Å². The van der Waals surface area contributed by atoms with Crippen molar-refractivity contribution in [3.8, 4) is 5.75 Å². The minimum atomic E-state index is -0.336. The Labute approximate surface area is 118 Å². The van der Waals surface area contributed by atoms with E-state index in [1.54, 1.807) is 31.3 Å². The molecule has 0 saturated carbocycles. The molecule has 0 aliphatic rings. The molecule has 6 nitrogen and oxygen atoms in total. The fourth-order valence-electron chi connectivity index (χ4n) is 1.43. The lowest BCUT2D eigenvalue weighted by Gasteiger charge is -2.07. The first-order valence-electron chi connectivity index (χ1n) is 6.46. The van der Waals surface area contributed by atoms with Gasteiger partial charge in [0.1, 0.15) is 5.75 Å². The molecule has 0 unspecified atom stereocenters. The highest BCUT2D eigenvalue weighted by molar-refractivity contribution is 5.75. The molecule has 20 heavy (non-hydrogen) atoms. The molecule has 0 spiro atoms. The number of anilines is 1. The minimum Gasteiger partial charge on any atom is -0.493 e. The van der Waals surface area contributed by atoms with Gasteiger partial charge in [-0.2, -0.15) is 0 Å². The van der Waals surface area contributed by atoms with E-state index >= 15 is 0 Å². The Morgan fingerprint density at radius 2 is 1.85 bits per heavy atom. The average molecular weight is 280 g/mol. The van der Waals surface area contributed by atoms with Crippen molar-refractivity contribution in [3.63, 3.8) is 0 Å². The summed E-state index contributed by atoms with van der Waals surface area (Å²) in [6.45, 7) is 0.492. The molecule has 0 radical (unpaired) electrons. The number of carbonyl (C=O) groups is 2. The SMILES string of the molecule is CNC(=O)CCCOC(=O)CCOc1ccc(N)cc1. The number of hydrogen-bond donors (Lipinski definition) is 2. The van der Waals surface area contributed by atoms with Crippen LogP contribution >= 0.6 is 0 Å². The number of esters is 1. The van der Waals surface area contributed by atoms with Gasteiger partial charge in [0.15, 0.2) is 0 Å². The summed E-state index contributed by atoms with van der Waals surface area (Å²) in [5, 5.41) is 2.50. The van der Waals surface area contributed by atoms with Crippen molar-refractivity contribution < 1.29 is 19.1 Å². The molecule has 3 N–H and O–H groups in total. The number of carbonyl (C=O) groups excluding carboxylic acids is 2.